The van der Waals surface area contributed by atoms with Crippen LogP contribution in [0.5, 0.6) is 0 Å². The summed E-state index contributed by atoms with van der Waals surface area (Å²) in [5.41, 5.74) is 5.25. The number of nitrogens with one attached hydrogen (secondary N) is 1. The first-order chi connectivity index (χ1) is 13.7. The van der Waals surface area contributed by atoms with Crippen molar-refractivity contribution in [2.24, 2.45) is 0 Å². The number of hydrogen-bond acceptors (Lipinski definition) is 3. The summed E-state index contributed by atoms with van der Waals surface area (Å²) in [6.45, 7) is 1.81. The SMILES string of the molecule is O=C(CCC(=O)c1ccccc1)Nc1ccc(N2Cc3ccccc3C2)cc1. The average molecular weight is 370 g/mol. The van der Waals surface area contributed by atoms with Crippen molar-refractivity contribution in [3.05, 3.63) is 95.6 Å². The minimum Gasteiger partial charge on any atom is -0.363 e. The Morgan fingerprint density at radius 2 is 1.36 bits per heavy atom. The molecule has 3 aromatic rings. The molecule has 0 bridgehead atoms. The number of rotatable bonds is 6. The van der Waals surface area contributed by atoms with Gasteiger partial charge in [-0.25, -0.2) is 0 Å². The first-order valence-electron chi connectivity index (χ1n) is 9.49. The van der Waals surface area contributed by atoms with E-state index in [1.807, 2.05) is 42.5 Å². The molecule has 1 amide bonds. The molecular formula is C24H22N2O2. The van der Waals surface area contributed by atoms with Crippen molar-refractivity contribution in [1.82, 2.24) is 0 Å². The minimum absolute atomic E-state index is 0.0142. The average Bonchev–Trinajstić information content (AvgIpc) is 3.17. The summed E-state index contributed by atoms with van der Waals surface area (Å²) in [6, 6.07) is 25.4. The fraction of sp³-hybridized carbons (Fsp3) is 0.167. The van der Waals surface area contributed by atoms with Crippen LogP contribution in [0.2, 0.25) is 0 Å². The Morgan fingerprint density at radius 1 is 0.750 bits per heavy atom. The molecule has 4 nitrogen and oxygen atoms in total. The number of carbonyl (C=O) groups excluding carboxylic acids is 2. The summed E-state index contributed by atoms with van der Waals surface area (Å²) in [4.78, 5) is 26.6. The molecule has 0 aromatic heterocycles. The first-order valence-corrected chi connectivity index (χ1v) is 9.49. The van der Waals surface area contributed by atoms with Crippen LogP contribution in [0.15, 0.2) is 78.9 Å². The Morgan fingerprint density at radius 3 is 2.00 bits per heavy atom. The molecule has 4 rings (SSSR count). The normalized spacial score (nSPS) is 12.5. The number of anilines is 2. The second-order valence-corrected chi connectivity index (χ2v) is 7.01. The highest BCUT2D eigenvalue weighted by atomic mass is 16.2. The highest BCUT2D eigenvalue weighted by Gasteiger charge is 2.18. The lowest BCUT2D eigenvalue weighted by molar-refractivity contribution is -0.116. The molecule has 0 fully saturated rings. The molecule has 0 spiro atoms. The van der Waals surface area contributed by atoms with Gasteiger partial charge in [-0.2, -0.15) is 0 Å². The Hall–Kier alpha value is -3.40. The Kier molecular flexibility index (Phi) is 5.20. The third-order valence-electron chi connectivity index (χ3n) is 5.03. The van der Waals surface area contributed by atoms with Crippen LogP contribution in [0.25, 0.3) is 0 Å². The van der Waals surface area contributed by atoms with Gasteiger partial charge in [-0.05, 0) is 35.4 Å². The van der Waals surface area contributed by atoms with Gasteiger partial charge in [0.25, 0.3) is 0 Å². The fourth-order valence-corrected chi connectivity index (χ4v) is 3.49. The third kappa shape index (κ3) is 4.12. The molecule has 4 heteroatoms. The van der Waals surface area contributed by atoms with Crippen molar-refractivity contribution >= 4 is 23.1 Å². The zero-order valence-corrected chi connectivity index (χ0v) is 15.6. The van der Waals surface area contributed by atoms with E-state index in [1.54, 1.807) is 12.1 Å². The summed E-state index contributed by atoms with van der Waals surface area (Å²) in [6.07, 6.45) is 0.386. The van der Waals surface area contributed by atoms with E-state index in [-0.39, 0.29) is 24.5 Å². The number of benzene rings is 3. The predicted molar refractivity (Wildman–Crippen MR) is 111 cm³/mol. The number of hydrogen-bond donors (Lipinski definition) is 1. The van der Waals surface area contributed by atoms with Gasteiger partial charge >= 0.3 is 0 Å². The van der Waals surface area contributed by atoms with Crippen LogP contribution in [-0.4, -0.2) is 11.7 Å². The molecular weight excluding hydrogens is 348 g/mol. The number of nitrogens with zero attached hydrogens (tertiary/aromatic N) is 1. The van der Waals surface area contributed by atoms with E-state index >= 15 is 0 Å². The van der Waals surface area contributed by atoms with Crippen molar-refractivity contribution in [3.8, 4) is 0 Å². The van der Waals surface area contributed by atoms with Crippen molar-refractivity contribution in [2.75, 3.05) is 10.2 Å². The van der Waals surface area contributed by atoms with Gasteiger partial charge in [0.05, 0.1) is 0 Å². The molecule has 140 valence electrons. The monoisotopic (exact) mass is 370 g/mol. The number of amides is 1. The molecule has 0 atom stereocenters. The predicted octanol–water partition coefficient (Wildman–Crippen LogP) is 4.81. The first kappa shape index (κ1) is 18.0. The number of Topliss-reactive ketones (excluding diaryl/α,β-unsaturated/α-hetero) is 1. The van der Waals surface area contributed by atoms with E-state index in [0.717, 1.165) is 24.5 Å². The number of fused-ring (bicyclic) bond motifs is 1. The van der Waals surface area contributed by atoms with E-state index in [2.05, 4.69) is 34.5 Å². The molecule has 1 aliphatic heterocycles. The summed E-state index contributed by atoms with van der Waals surface area (Å²) < 4.78 is 0. The smallest absolute Gasteiger partial charge is 0.224 e. The zero-order valence-electron chi connectivity index (χ0n) is 15.6. The topological polar surface area (TPSA) is 49.4 Å². The van der Waals surface area contributed by atoms with Crippen LogP contribution in [0, 0.1) is 0 Å². The van der Waals surface area contributed by atoms with E-state index in [9.17, 15) is 9.59 Å². The summed E-state index contributed by atoms with van der Waals surface area (Å²) in [7, 11) is 0. The van der Waals surface area contributed by atoms with Crippen LogP contribution >= 0.6 is 0 Å². The molecule has 1 heterocycles. The van der Waals surface area contributed by atoms with Gasteiger partial charge in [0.1, 0.15) is 0 Å². The molecule has 0 unspecified atom stereocenters. The van der Waals surface area contributed by atoms with E-state index < -0.39 is 0 Å². The van der Waals surface area contributed by atoms with E-state index in [4.69, 9.17) is 0 Å². The number of ketones is 1. The minimum atomic E-state index is -0.148. The van der Waals surface area contributed by atoms with Gasteiger partial charge < -0.3 is 10.2 Å². The summed E-state index contributed by atoms with van der Waals surface area (Å²) in [5, 5.41) is 2.87. The van der Waals surface area contributed by atoms with Crippen LogP contribution in [0.4, 0.5) is 11.4 Å². The molecule has 0 saturated carbocycles. The third-order valence-corrected chi connectivity index (χ3v) is 5.03. The summed E-state index contributed by atoms with van der Waals surface area (Å²) >= 11 is 0. The van der Waals surface area contributed by atoms with Crippen LogP contribution in [0.1, 0.15) is 34.3 Å². The van der Waals surface area contributed by atoms with Gasteiger partial charge in [-0.15, -0.1) is 0 Å². The van der Waals surface area contributed by atoms with E-state index in [1.165, 1.54) is 11.1 Å². The lowest BCUT2D eigenvalue weighted by Gasteiger charge is -2.18. The molecule has 1 N–H and O–H groups in total. The second-order valence-electron chi connectivity index (χ2n) is 7.01. The maximum Gasteiger partial charge on any atom is 0.224 e. The van der Waals surface area contributed by atoms with Gasteiger partial charge in [0.15, 0.2) is 5.78 Å². The van der Waals surface area contributed by atoms with Crippen molar-refractivity contribution in [2.45, 2.75) is 25.9 Å². The highest BCUT2D eigenvalue weighted by Crippen LogP contribution is 2.28. The zero-order chi connectivity index (χ0) is 19.3. The van der Waals surface area contributed by atoms with Crippen molar-refractivity contribution < 1.29 is 9.59 Å². The van der Waals surface area contributed by atoms with Crippen LogP contribution < -0.4 is 10.2 Å². The van der Waals surface area contributed by atoms with Gasteiger partial charge in [-0.3, -0.25) is 9.59 Å². The maximum absolute atomic E-state index is 12.2. The van der Waals surface area contributed by atoms with Gasteiger partial charge in [0.2, 0.25) is 5.91 Å². The van der Waals surface area contributed by atoms with Gasteiger partial charge in [-0.1, -0.05) is 54.6 Å². The van der Waals surface area contributed by atoms with Crippen LogP contribution in [0.3, 0.4) is 0 Å². The standard InChI is InChI=1S/C24H22N2O2/c27-23(18-6-2-1-3-7-18)14-15-24(28)25-21-10-12-22(13-11-21)26-16-19-8-4-5-9-20(19)17-26/h1-13H,14-17H2,(H,25,28). The quantitative estimate of drug-likeness (QED) is 0.634. The number of carbonyl (C=O) groups is 2. The second kappa shape index (κ2) is 8.09. The Bertz CT molecular complexity index is 956. The van der Waals surface area contributed by atoms with Crippen molar-refractivity contribution in [3.63, 3.8) is 0 Å². The van der Waals surface area contributed by atoms with Gasteiger partial charge in [0, 0.05) is 42.9 Å². The lowest BCUT2D eigenvalue weighted by atomic mass is 10.1. The molecule has 1 aliphatic rings. The maximum atomic E-state index is 12.2. The molecule has 0 saturated heterocycles. The Labute approximate surface area is 164 Å². The largest absolute Gasteiger partial charge is 0.363 e. The molecule has 0 radical (unpaired) electrons. The van der Waals surface area contributed by atoms with E-state index in [0.29, 0.717) is 5.56 Å². The van der Waals surface area contributed by atoms with Crippen LogP contribution in [-0.2, 0) is 17.9 Å². The fourth-order valence-electron chi connectivity index (χ4n) is 3.49. The Balaban J connectivity index is 1.30. The van der Waals surface area contributed by atoms with Crippen molar-refractivity contribution in [1.29, 1.82) is 0 Å². The highest BCUT2D eigenvalue weighted by molar-refractivity contribution is 6.00. The molecule has 0 aliphatic carbocycles. The summed E-state index contributed by atoms with van der Waals surface area (Å²) in [5.74, 6) is -0.162. The lowest BCUT2D eigenvalue weighted by Crippen LogP contribution is -2.15. The molecule has 28 heavy (non-hydrogen) atoms. The molecule has 3 aromatic carbocycles.